The SMILES string of the molecule is Cc1ccc(SCCC(F)(F)F)cc1. The molecule has 1 rings (SSSR count). The Hall–Kier alpha value is -0.640. The highest BCUT2D eigenvalue weighted by Gasteiger charge is 2.26. The van der Waals surface area contributed by atoms with Crippen LogP contribution >= 0.6 is 11.8 Å². The fourth-order valence-electron chi connectivity index (χ4n) is 0.919. The summed E-state index contributed by atoms with van der Waals surface area (Å²) in [5.41, 5.74) is 1.12. The summed E-state index contributed by atoms with van der Waals surface area (Å²) in [6.45, 7) is 1.95. The molecule has 0 bridgehead atoms. The minimum atomic E-state index is -4.04. The van der Waals surface area contributed by atoms with Crippen molar-refractivity contribution in [3.8, 4) is 0 Å². The Morgan fingerprint density at radius 3 is 2.21 bits per heavy atom. The summed E-state index contributed by atoms with van der Waals surface area (Å²) in [4.78, 5) is 0.889. The van der Waals surface area contributed by atoms with Gasteiger partial charge in [-0.2, -0.15) is 13.2 Å². The normalized spacial score (nSPS) is 11.7. The van der Waals surface area contributed by atoms with Crippen LogP contribution in [-0.2, 0) is 0 Å². The van der Waals surface area contributed by atoms with Crippen molar-refractivity contribution in [3.05, 3.63) is 29.8 Å². The third-order valence-electron chi connectivity index (χ3n) is 1.68. The quantitative estimate of drug-likeness (QED) is 0.693. The molecule has 0 heterocycles. The number of benzene rings is 1. The van der Waals surface area contributed by atoms with Crippen molar-refractivity contribution >= 4 is 11.8 Å². The number of thioether (sulfide) groups is 1. The predicted octanol–water partition coefficient (Wildman–Crippen LogP) is 4.04. The summed E-state index contributed by atoms with van der Waals surface area (Å²) in [5, 5.41) is 0. The number of aryl methyl sites for hydroxylation is 1. The topological polar surface area (TPSA) is 0 Å². The smallest absolute Gasteiger partial charge is 0.171 e. The van der Waals surface area contributed by atoms with E-state index in [4.69, 9.17) is 0 Å². The van der Waals surface area contributed by atoms with Gasteiger partial charge in [0, 0.05) is 10.6 Å². The molecule has 78 valence electrons. The van der Waals surface area contributed by atoms with Gasteiger partial charge in [-0.15, -0.1) is 11.8 Å². The van der Waals surface area contributed by atoms with Gasteiger partial charge in [-0.1, -0.05) is 17.7 Å². The third-order valence-corrected chi connectivity index (χ3v) is 2.69. The first-order valence-corrected chi connectivity index (χ1v) is 5.22. The van der Waals surface area contributed by atoms with Crippen molar-refractivity contribution in [1.29, 1.82) is 0 Å². The number of hydrogen-bond acceptors (Lipinski definition) is 1. The van der Waals surface area contributed by atoms with Gasteiger partial charge in [-0.05, 0) is 19.1 Å². The summed E-state index contributed by atoms with van der Waals surface area (Å²) < 4.78 is 35.4. The average Bonchev–Trinajstić information content (AvgIpc) is 2.06. The minimum Gasteiger partial charge on any atom is -0.171 e. The Morgan fingerprint density at radius 2 is 1.71 bits per heavy atom. The molecule has 0 aromatic heterocycles. The van der Waals surface area contributed by atoms with Gasteiger partial charge >= 0.3 is 6.18 Å². The van der Waals surface area contributed by atoms with Crippen LogP contribution in [0.2, 0.25) is 0 Å². The molecule has 1 aromatic carbocycles. The predicted molar refractivity (Wildman–Crippen MR) is 52.6 cm³/mol. The average molecular weight is 220 g/mol. The van der Waals surface area contributed by atoms with Crippen LogP contribution in [0.4, 0.5) is 13.2 Å². The number of halogens is 3. The second-order valence-electron chi connectivity index (χ2n) is 3.03. The van der Waals surface area contributed by atoms with Crippen molar-refractivity contribution in [1.82, 2.24) is 0 Å². The molecule has 0 spiro atoms. The first-order valence-electron chi connectivity index (χ1n) is 4.23. The molecular formula is C10H11F3S. The van der Waals surface area contributed by atoms with Crippen LogP contribution in [-0.4, -0.2) is 11.9 Å². The molecule has 0 radical (unpaired) electrons. The zero-order valence-electron chi connectivity index (χ0n) is 7.77. The maximum absolute atomic E-state index is 11.8. The van der Waals surface area contributed by atoms with Gasteiger partial charge in [0.1, 0.15) is 0 Å². The lowest BCUT2D eigenvalue weighted by Gasteiger charge is -2.05. The maximum Gasteiger partial charge on any atom is 0.389 e. The Kier molecular flexibility index (Phi) is 3.86. The molecule has 0 atom stereocenters. The van der Waals surface area contributed by atoms with E-state index in [0.29, 0.717) is 0 Å². The monoisotopic (exact) mass is 220 g/mol. The Balaban J connectivity index is 2.35. The molecule has 0 aliphatic heterocycles. The third kappa shape index (κ3) is 4.56. The van der Waals surface area contributed by atoms with E-state index in [1.54, 1.807) is 0 Å². The van der Waals surface area contributed by atoms with Crippen LogP contribution in [0.15, 0.2) is 29.2 Å². The molecule has 0 amide bonds. The highest BCUT2D eigenvalue weighted by Crippen LogP contribution is 2.26. The highest BCUT2D eigenvalue weighted by molar-refractivity contribution is 7.99. The zero-order chi connectivity index (χ0) is 10.6. The van der Waals surface area contributed by atoms with Crippen LogP contribution in [0.5, 0.6) is 0 Å². The summed E-state index contributed by atoms with van der Waals surface area (Å²) in [7, 11) is 0. The number of alkyl halides is 3. The van der Waals surface area contributed by atoms with Crippen molar-refractivity contribution < 1.29 is 13.2 Å². The van der Waals surface area contributed by atoms with Crippen LogP contribution < -0.4 is 0 Å². The molecule has 0 N–H and O–H groups in total. The molecular weight excluding hydrogens is 209 g/mol. The van der Waals surface area contributed by atoms with E-state index >= 15 is 0 Å². The first-order chi connectivity index (χ1) is 6.47. The van der Waals surface area contributed by atoms with Gasteiger partial charge in [-0.3, -0.25) is 0 Å². The lowest BCUT2D eigenvalue weighted by atomic mass is 10.2. The van der Waals surface area contributed by atoms with E-state index < -0.39 is 12.6 Å². The summed E-state index contributed by atoms with van der Waals surface area (Å²) >= 11 is 1.24. The van der Waals surface area contributed by atoms with E-state index in [2.05, 4.69) is 0 Å². The van der Waals surface area contributed by atoms with Crippen molar-refractivity contribution in [2.45, 2.75) is 24.4 Å². The molecule has 0 unspecified atom stereocenters. The number of hydrogen-bond donors (Lipinski definition) is 0. The molecule has 0 saturated carbocycles. The number of rotatable bonds is 3. The van der Waals surface area contributed by atoms with Crippen LogP contribution in [0.3, 0.4) is 0 Å². The van der Waals surface area contributed by atoms with E-state index in [1.165, 1.54) is 11.8 Å². The second-order valence-corrected chi connectivity index (χ2v) is 4.20. The van der Waals surface area contributed by atoms with Gasteiger partial charge < -0.3 is 0 Å². The van der Waals surface area contributed by atoms with Crippen molar-refractivity contribution in [2.24, 2.45) is 0 Å². The molecule has 14 heavy (non-hydrogen) atoms. The zero-order valence-corrected chi connectivity index (χ0v) is 8.58. The lowest BCUT2D eigenvalue weighted by Crippen LogP contribution is -2.07. The lowest BCUT2D eigenvalue weighted by molar-refractivity contribution is -0.129. The molecule has 0 aliphatic rings. The molecule has 0 fully saturated rings. The van der Waals surface area contributed by atoms with Gasteiger partial charge in [0.2, 0.25) is 0 Å². The molecule has 0 aliphatic carbocycles. The fourth-order valence-corrected chi connectivity index (χ4v) is 1.82. The molecule has 0 nitrogen and oxygen atoms in total. The van der Waals surface area contributed by atoms with Gasteiger partial charge in [0.25, 0.3) is 0 Å². The molecule has 4 heteroatoms. The van der Waals surface area contributed by atoms with E-state index in [1.807, 2.05) is 31.2 Å². The van der Waals surface area contributed by atoms with Gasteiger partial charge in [-0.25, -0.2) is 0 Å². The molecule has 1 aromatic rings. The first kappa shape index (κ1) is 11.4. The fraction of sp³-hybridized carbons (Fsp3) is 0.400. The van der Waals surface area contributed by atoms with Gasteiger partial charge in [0.05, 0.1) is 6.42 Å². The standard InChI is InChI=1S/C10H11F3S/c1-8-2-4-9(5-3-8)14-7-6-10(11,12)13/h2-5H,6-7H2,1H3. The molecule has 0 saturated heterocycles. The van der Waals surface area contributed by atoms with E-state index in [-0.39, 0.29) is 5.75 Å². The van der Waals surface area contributed by atoms with Crippen molar-refractivity contribution in [2.75, 3.05) is 5.75 Å². The Bertz CT molecular complexity index is 276. The van der Waals surface area contributed by atoms with Crippen molar-refractivity contribution in [3.63, 3.8) is 0 Å². The Morgan fingerprint density at radius 1 is 1.14 bits per heavy atom. The summed E-state index contributed by atoms with van der Waals surface area (Å²) in [6, 6.07) is 7.48. The van der Waals surface area contributed by atoms with Crippen LogP contribution in [0.1, 0.15) is 12.0 Å². The largest absolute Gasteiger partial charge is 0.389 e. The maximum atomic E-state index is 11.8. The Labute approximate surface area is 85.5 Å². The van der Waals surface area contributed by atoms with Crippen LogP contribution in [0, 0.1) is 6.92 Å². The van der Waals surface area contributed by atoms with Crippen LogP contribution in [0.25, 0.3) is 0 Å². The van der Waals surface area contributed by atoms with E-state index in [0.717, 1.165) is 10.5 Å². The second kappa shape index (κ2) is 4.73. The van der Waals surface area contributed by atoms with E-state index in [9.17, 15) is 13.2 Å². The van der Waals surface area contributed by atoms with Gasteiger partial charge in [0.15, 0.2) is 0 Å². The summed E-state index contributed by atoms with van der Waals surface area (Å²) in [5.74, 6) is 0.0898. The minimum absolute atomic E-state index is 0.0898. The summed E-state index contributed by atoms with van der Waals surface area (Å²) in [6.07, 6.45) is -4.77. The highest BCUT2D eigenvalue weighted by atomic mass is 32.2.